The summed E-state index contributed by atoms with van der Waals surface area (Å²) in [7, 11) is 0. The second kappa shape index (κ2) is 7.39. The summed E-state index contributed by atoms with van der Waals surface area (Å²) in [4.78, 5) is 20.7. The molecule has 0 spiro atoms. The third-order valence-electron chi connectivity index (χ3n) is 4.88. The number of aromatic nitrogens is 3. The van der Waals surface area contributed by atoms with Crippen LogP contribution >= 0.6 is 0 Å². The van der Waals surface area contributed by atoms with Crippen LogP contribution in [0.1, 0.15) is 35.2 Å². The van der Waals surface area contributed by atoms with E-state index in [1.165, 1.54) is 11.1 Å². The van der Waals surface area contributed by atoms with Crippen molar-refractivity contribution in [1.82, 2.24) is 25.2 Å². The predicted molar refractivity (Wildman–Crippen MR) is 98.4 cm³/mol. The highest BCUT2D eigenvalue weighted by molar-refractivity contribution is 5.74. The van der Waals surface area contributed by atoms with E-state index in [1.54, 1.807) is 18.6 Å². The summed E-state index contributed by atoms with van der Waals surface area (Å²) in [5, 5.41) is 6.11. The number of aryl methyl sites for hydroxylation is 1. The Hall–Kier alpha value is -3.15. The Balaban J connectivity index is 1.52. The van der Waals surface area contributed by atoms with Crippen LogP contribution in [0.4, 0.5) is 4.79 Å². The standard InChI is InChI=1S/C20H21N5O/c26-20(23-13-15-7-9-21-10-8-15)24-19-17-4-2-1-3-16(17)5-6-18(19)25-12-11-22-14-25/h1-4,7-12,14,18-19H,5-6,13H2,(H2,23,24,26)/t18-,19-/m0/s1. The number of benzene rings is 1. The van der Waals surface area contributed by atoms with Crippen LogP contribution in [0, 0.1) is 0 Å². The van der Waals surface area contributed by atoms with Crippen LogP contribution in [-0.4, -0.2) is 20.6 Å². The van der Waals surface area contributed by atoms with E-state index in [0.29, 0.717) is 6.54 Å². The Morgan fingerprint density at radius 3 is 2.77 bits per heavy atom. The number of carbonyl (C=O) groups is 1. The van der Waals surface area contributed by atoms with Crippen molar-refractivity contribution in [2.24, 2.45) is 0 Å². The second-order valence-corrected chi connectivity index (χ2v) is 6.47. The van der Waals surface area contributed by atoms with Gasteiger partial charge in [-0.2, -0.15) is 0 Å². The first-order chi connectivity index (χ1) is 12.8. The molecule has 4 rings (SSSR count). The van der Waals surface area contributed by atoms with Crippen LogP contribution in [0.2, 0.25) is 0 Å². The molecular weight excluding hydrogens is 326 g/mol. The molecule has 2 aromatic heterocycles. The summed E-state index contributed by atoms with van der Waals surface area (Å²) in [6.07, 6.45) is 11.0. The van der Waals surface area contributed by atoms with Crippen molar-refractivity contribution in [2.45, 2.75) is 31.5 Å². The minimum absolute atomic E-state index is 0.0911. The molecule has 2 heterocycles. The van der Waals surface area contributed by atoms with E-state index in [-0.39, 0.29) is 18.1 Å². The first-order valence-electron chi connectivity index (χ1n) is 8.80. The summed E-state index contributed by atoms with van der Waals surface area (Å²) < 4.78 is 2.09. The first-order valence-corrected chi connectivity index (χ1v) is 8.80. The number of nitrogens with zero attached hydrogens (tertiary/aromatic N) is 3. The van der Waals surface area contributed by atoms with Gasteiger partial charge in [0, 0.05) is 31.3 Å². The molecule has 132 valence electrons. The van der Waals surface area contributed by atoms with E-state index in [0.717, 1.165) is 18.4 Å². The van der Waals surface area contributed by atoms with Crippen LogP contribution in [-0.2, 0) is 13.0 Å². The molecule has 0 unspecified atom stereocenters. The summed E-state index contributed by atoms with van der Waals surface area (Å²) in [6, 6.07) is 12.0. The molecular formula is C20H21N5O. The number of rotatable bonds is 4. The average Bonchev–Trinajstić information content (AvgIpc) is 3.22. The molecule has 1 aliphatic rings. The van der Waals surface area contributed by atoms with Crippen LogP contribution in [0.5, 0.6) is 0 Å². The van der Waals surface area contributed by atoms with Crippen molar-refractivity contribution in [3.63, 3.8) is 0 Å². The highest BCUT2D eigenvalue weighted by Crippen LogP contribution is 2.37. The lowest BCUT2D eigenvalue weighted by atomic mass is 9.84. The fourth-order valence-electron chi connectivity index (χ4n) is 3.58. The minimum atomic E-state index is -0.173. The molecule has 1 aromatic carbocycles. The Morgan fingerprint density at radius 1 is 1.12 bits per heavy atom. The highest BCUT2D eigenvalue weighted by Gasteiger charge is 2.31. The number of urea groups is 1. The van der Waals surface area contributed by atoms with Crippen molar-refractivity contribution in [2.75, 3.05) is 0 Å². The number of pyridine rings is 1. The largest absolute Gasteiger partial charge is 0.334 e. The maximum absolute atomic E-state index is 12.5. The number of imidazole rings is 1. The smallest absolute Gasteiger partial charge is 0.315 e. The summed E-state index contributed by atoms with van der Waals surface area (Å²) in [5.74, 6) is 0. The van der Waals surface area contributed by atoms with Gasteiger partial charge in [-0.15, -0.1) is 0 Å². The molecule has 0 bridgehead atoms. The van der Waals surface area contributed by atoms with Gasteiger partial charge in [-0.1, -0.05) is 24.3 Å². The molecule has 26 heavy (non-hydrogen) atoms. The van der Waals surface area contributed by atoms with Gasteiger partial charge in [-0.05, 0) is 41.7 Å². The quantitative estimate of drug-likeness (QED) is 0.762. The maximum atomic E-state index is 12.5. The normalized spacial score (nSPS) is 18.8. The van der Waals surface area contributed by atoms with E-state index >= 15 is 0 Å². The monoisotopic (exact) mass is 347 g/mol. The Morgan fingerprint density at radius 2 is 1.96 bits per heavy atom. The zero-order chi connectivity index (χ0) is 17.8. The van der Waals surface area contributed by atoms with Crippen molar-refractivity contribution in [3.05, 3.63) is 84.2 Å². The Kier molecular flexibility index (Phi) is 4.64. The van der Waals surface area contributed by atoms with Gasteiger partial charge in [0.25, 0.3) is 0 Å². The molecule has 2 atom stereocenters. The molecule has 0 saturated carbocycles. The van der Waals surface area contributed by atoms with Gasteiger partial charge >= 0.3 is 6.03 Å². The van der Waals surface area contributed by atoms with E-state index in [9.17, 15) is 4.79 Å². The SMILES string of the molecule is O=C(NCc1ccncc1)N[C@H]1c2ccccc2CC[C@@H]1n1ccnc1. The summed E-state index contributed by atoms with van der Waals surface area (Å²) in [5.41, 5.74) is 3.49. The zero-order valence-corrected chi connectivity index (χ0v) is 14.4. The van der Waals surface area contributed by atoms with E-state index in [2.05, 4.69) is 43.4 Å². The van der Waals surface area contributed by atoms with Gasteiger partial charge in [0.15, 0.2) is 0 Å². The third kappa shape index (κ3) is 3.44. The Bertz CT molecular complexity index is 863. The summed E-state index contributed by atoms with van der Waals surface area (Å²) >= 11 is 0. The summed E-state index contributed by atoms with van der Waals surface area (Å²) in [6.45, 7) is 0.471. The molecule has 2 amide bonds. The molecule has 0 saturated heterocycles. The van der Waals surface area contributed by atoms with Crippen molar-refractivity contribution >= 4 is 6.03 Å². The molecule has 0 fully saturated rings. The number of fused-ring (bicyclic) bond motifs is 1. The van der Waals surface area contributed by atoms with Crippen molar-refractivity contribution < 1.29 is 4.79 Å². The van der Waals surface area contributed by atoms with E-state index in [1.807, 2.05) is 30.7 Å². The fourth-order valence-corrected chi connectivity index (χ4v) is 3.58. The van der Waals surface area contributed by atoms with Crippen LogP contribution in [0.3, 0.4) is 0 Å². The predicted octanol–water partition coefficient (Wildman–Crippen LogP) is 3.01. The van der Waals surface area contributed by atoms with E-state index < -0.39 is 0 Å². The molecule has 1 aliphatic carbocycles. The third-order valence-corrected chi connectivity index (χ3v) is 4.88. The van der Waals surface area contributed by atoms with Crippen molar-refractivity contribution in [3.8, 4) is 0 Å². The molecule has 0 radical (unpaired) electrons. The van der Waals surface area contributed by atoms with Gasteiger partial charge < -0.3 is 15.2 Å². The second-order valence-electron chi connectivity index (χ2n) is 6.47. The number of carbonyl (C=O) groups excluding carboxylic acids is 1. The maximum Gasteiger partial charge on any atom is 0.315 e. The topological polar surface area (TPSA) is 71.8 Å². The molecule has 2 N–H and O–H groups in total. The van der Waals surface area contributed by atoms with Crippen LogP contribution in [0.15, 0.2) is 67.5 Å². The molecule has 6 heteroatoms. The zero-order valence-electron chi connectivity index (χ0n) is 14.4. The number of amides is 2. The Labute approximate surface area is 152 Å². The molecule has 0 aliphatic heterocycles. The lowest BCUT2D eigenvalue weighted by Crippen LogP contribution is -2.42. The first kappa shape index (κ1) is 16.3. The van der Waals surface area contributed by atoms with Gasteiger partial charge in [0.1, 0.15) is 0 Å². The van der Waals surface area contributed by atoms with Crippen LogP contribution in [0.25, 0.3) is 0 Å². The fraction of sp³-hybridized carbons (Fsp3) is 0.250. The van der Waals surface area contributed by atoms with Gasteiger partial charge in [0.2, 0.25) is 0 Å². The highest BCUT2D eigenvalue weighted by atomic mass is 16.2. The van der Waals surface area contributed by atoms with Crippen LogP contribution < -0.4 is 10.6 Å². The van der Waals surface area contributed by atoms with Gasteiger partial charge in [0.05, 0.1) is 18.4 Å². The van der Waals surface area contributed by atoms with Crippen molar-refractivity contribution in [1.29, 1.82) is 0 Å². The van der Waals surface area contributed by atoms with Gasteiger partial charge in [-0.3, -0.25) is 4.98 Å². The number of hydrogen-bond acceptors (Lipinski definition) is 3. The lowest BCUT2D eigenvalue weighted by molar-refractivity contribution is 0.227. The van der Waals surface area contributed by atoms with E-state index in [4.69, 9.17) is 0 Å². The average molecular weight is 347 g/mol. The molecule has 6 nitrogen and oxygen atoms in total. The number of hydrogen-bond donors (Lipinski definition) is 2. The lowest BCUT2D eigenvalue weighted by Gasteiger charge is -2.35. The van der Waals surface area contributed by atoms with Gasteiger partial charge in [-0.25, -0.2) is 9.78 Å². The minimum Gasteiger partial charge on any atom is -0.334 e. The number of nitrogens with one attached hydrogen (secondary N) is 2. The molecule has 3 aromatic rings.